The first-order valence-electron chi connectivity index (χ1n) is 8.49. The van der Waals surface area contributed by atoms with E-state index < -0.39 is 17.9 Å². The van der Waals surface area contributed by atoms with Crippen molar-refractivity contribution in [1.29, 1.82) is 0 Å². The Balaban J connectivity index is 2.97. The minimum Gasteiger partial charge on any atom is -0.465 e. The molecular weight excluding hydrogens is 322 g/mol. The van der Waals surface area contributed by atoms with E-state index in [4.69, 9.17) is 9.47 Å². The Bertz CT molecular complexity index is 588. The van der Waals surface area contributed by atoms with Gasteiger partial charge in [-0.1, -0.05) is 6.07 Å². The quantitative estimate of drug-likeness (QED) is 0.533. The highest BCUT2D eigenvalue weighted by atomic mass is 16.6. The van der Waals surface area contributed by atoms with Gasteiger partial charge in [0.15, 0.2) is 5.92 Å². The molecule has 0 atom stereocenters. The van der Waals surface area contributed by atoms with Crippen LogP contribution in [0.2, 0.25) is 0 Å². The first-order chi connectivity index (χ1) is 11.8. The normalized spacial score (nSPS) is 10.5. The maximum Gasteiger partial charge on any atom is 0.320 e. The number of amides is 1. The molecule has 6 nitrogen and oxygen atoms in total. The van der Waals surface area contributed by atoms with Crippen molar-refractivity contribution in [3.8, 4) is 0 Å². The van der Waals surface area contributed by atoms with E-state index in [0.717, 1.165) is 16.8 Å². The van der Waals surface area contributed by atoms with Crippen molar-refractivity contribution in [2.45, 2.75) is 41.0 Å². The van der Waals surface area contributed by atoms with Crippen LogP contribution in [0, 0.1) is 19.8 Å². The summed E-state index contributed by atoms with van der Waals surface area (Å²) in [4.78, 5) is 37.7. The highest BCUT2D eigenvalue weighted by Gasteiger charge is 2.30. The van der Waals surface area contributed by atoms with Crippen molar-refractivity contribution >= 4 is 23.5 Å². The van der Waals surface area contributed by atoms with E-state index in [-0.39, 0.29) is 32.1 Å². The molecule has 0 aliphatic heterocycles. The third kappa shape index (κ3) is 6.21. The monoisotopic (exact) mass is 349 g/mol. The standard InChI is InChI=1S/C19H27NO5/c1-6-24-18(22)17(19(23)25-7-2)8-9-20(15(5)21)16-11-13(3)10-14(4)12-16/h10-12,17H,6-9H2,1-5H3. The molecule has 138 valence electrons. The lowest BCUT2D eigenvalue weighted by molar-refractivity contribution is -0.161. The Morgan fingerprint density at radius 1 is 0.960 bits per heavy atom. The molecule has 0 saturated carbocycles. The number of anilines is 1. The number of carbonyl (C=O) groups excluding carboxylic acids is 3. The van der Waals surface area contributed by atoms with E-state index in [0.29, 0.717) is 0 Å². The molecule has 25 heavy (non-hydrogen) atoms. The van der Waals surface area contributed by atoms with Crippen molar-refractivity contribution in [2.75, 3.05) is 24.7 Å². The molecule has 0 radical (unpaired) electrons. The lowest BCUT2D eigenvalue weighted by Crippen LogP contribution is -2.35. The van der Waals surface area contributed by atoms with Crippen LogP contribution in [0.5, 0.6) is 0 Å². The van der Waals surface area contributed by atoms with E-state index in [9.17, 15) is 14.4 Å². The maximum atomic E-state index is 12.1. The Morgan fingerprint density at radius 2 is 1.44 bits per heavy atom. The minimum absolute atomic E-state index is 0.143. The van der Waals surface area contributed by atoms with Crippen molar-refractivity contribution in [1.82, 2.24) is 0 Å². The zero-order chi connectivity index (χ0) is 19.0. The van der Waals surface area contributed by atoms with Crippen LogP contribution < -0.4 is 4.90 Å². The van der Waals surface area contributed by atoms with Gasteiger partial charge >= 0.3 is 11.9 Å². The summed E-state index contributed by atoms with van der Waals surface area (Å²) in [5.41, 5.74) is 2.82. The fourth-order valence-electron chi connectivity index (χ4n) is 2.65. The third-order valence-corrected chi connectivity index (χ3v) is 3.68. The van der Waals surface area contributed by atoms with Crippen LogP contribution in [0.3, 0.4) is 0 Å². The summed E-state index contributed by atoms with van der Waals surface area (Å²) in [5.74, 6) is -2.43. The van der Waals surface area contributed by atoms with Gasteiger partial charge in [-0.05, 0) is 57.4 Å². The van der Waals surface area contributed by atoms with Gasteiger partial charge in [0, 0.05) is 19.2 Å². The summed E-state index contributed by atoms with van der Waals surface area (Å²) in [7, 11) is 0. The summed E-state index contributed by atoms with van der Waals surface area (Å²) >= 11 is 0. The zero-order valence-corrected chi connectivity index (χ0v) is 15.6. The number of benzene rings is 1. The summed E-state index contributed by atoms with van der Waals surface area (Å²) < 4.78 is 9.93. The lowest BCUT2D eigenvalue weighted by Gasteiger charge is -2.24. The van der Waals surface area contributed by atoms with E-state index in [1.165, 1.54) is 6.92 Å². The van der Waals surface area contributed by atoms with Crippen molar-refractivity contribution < 1.29 is 23.9 Å². The minimum atomic E-state index is -1.03. The Hall–Kier alpha value is -2.37. The number of carbonyl (C=O) groups is 3. The average molecular weight is 349 g/mol. The van der Waals surface area contributed by atoms with E-state index in [2.05, 4.69) is 0 Å². The van der Waals surface area contributed by atoms with E-state index >= 15 is 0 Å². The topological polar surface area (TPSA) is 72.9 Å². The first-order valence-corrected chi connectivity index (χ1v) is 8.49. The molecule has 0 aromatic heterocycles. The van der Waals surface area contributed by atoms with Gasteiger partial charge in [-0.3, -0.25) is 14.4 Å². The fraction of sp³-hybridized carbons (Fsp3) is 0.526. The number of ether oxygens (including phenoxy) is 2. The van der Waals surface area contributed by atoms with Crippen LogP contribution in [0.25, 0.3) is 0 Å². The van der Waals surface area contributed by atoms with Gasteiger partial charge in [0.05, 0.1) is 13.2 Å². The first kappa shape index (κ1) is 20.7. The Kier molecular flexibility index (Phi) is 8.11. The van der Waals surface area contributed by atoms with Crippen LogP contribution >= 0.6 is 0 Å². The van der Waals surface area contributed by atoms with Crippen molar-refractivity contribution in [3.05, 3.63) is 29.3 Å². The molecule has 0 fully saturated rings. The Morgan fingerprint density at radius 3 is 1.84 bits per heavy atom. The summed E-state index contributed by atoms with van der Waals surface area (Å²) in [6.07, 6.45) is 0.143. The molecule has 0 bridgehead atoms. The second kappa shape index (κ2) is 9.81. The third-order valence-electron chi connectivity index (χ3n) is 3.68. The number of esters is 2. The predicted octanol–water partition coefficient (Wildman–Crippen LogP) is 2.79. The number of hydrogen-bond acceptors (Lipinski definition) is 5. The second-order valence-electron chi connectivity index (χ2n) is 5.86. The van der Waals surface area contributed by atoms with Crippen LogP contribution in [0.1, 0.15) is 38.3 Å². The number of hydrogen-bond donors (Lipinski definition) is 0. The summed E-state index contributed by atoms with van der Waals surface area (Å²) in [5, 5.41) is 0. The SMILES string of the molecule is CCOC(=O)C(CCN(C(C)=O)c1cc(C)cc(C)c1)C(=O)OCC. The van der Waals surface area contributed by atoms with Gasteiger partial charge in [0.25, 0.3) is 0 Å². The molecule has 1 amide bonds. The predicted molar refractivity (Wildman–Crippen MR) is 95.3 cm³/mol. The molecule has 0 unspecified atom stereocenters. The van der Waals surface area contributed by atoms with Gasteiger partial charge in [-0.2, -0.15) is 0 Å². The van der Waals surface area contributed by atoms with Crippen LogP contribution in [-0.2, 0) is 23.9 Å². The van der Waals surface area contributed by atoms with Gasteiger partial charge in [-0.25, -0.2) is 0 Å². The number of aryl methyl sites for hydroxylation is 2. The van der Waals surface area contributed by atoms with Gasteiger partial charge in [-0.15, -0.1) is 0 Å². The molecule has 0 N–H and O–H groups in total. The van der Waals surface area contributed by atoms with Gasteiger partial charge in [0.1, 0.15) is 0 Å². The Labute approximate surface area is 149 Å². The number of rotatable bonds is 8. The summed E-state index contributed by atoms with van der Waals surface area (Å²) in [6, 6.07) is 5.82. The highest BCUT2D eigenvalue weighted by Crippen LogP contribution is 2.21. The van der Waals surface area contributed by atoms with Crippen molar-refractivity contribution in [3.63, 3.8) is 0 Å². The summed E-state index contributed by atoms with van der Waals surface area (Å²) in [6.45, 7) is 9.31. The molecule has 1 aromatic rings. The zero-order valence-electron chi connectivity index (χ0n) is 15.6. The van der Waals surface area contributed by atoms with Crippen LogP contribution in [-0.4, -0.2) is 37.6 Å². The van der Waals surface area contributed by atoms with Crippen LogP contribution in [0.15, 0.2) is 18.2 Å². The van der Waals surface area contributed by atoms with Gasteiger partial charge < -0.3 is 14.4 Å². The molecule has 0 heterocycles. The highest BCUT2D eigenvalue weighted by molar-refractivity contribution is 5.95. The maximum absolute atomic E-state index is 12.1. The van der Waals surface area contributed by atoms with E-state index in [1.807, 2.05) is 32.0 Å². The molecule has 1 rings (SSSR count). The molecule has 0 spiro atoms. The second-order valence-corrected chi connectivity index (χ2v) is 5.86. The lowest BCUT2D eigenvalue weighted by atomic mass is 10.0. The van der Waals surface area contributed by atoms with E-state index in [1.54, 1.807) is 18.7 Å². The molecule has 0 saturated heterocycles. The van der Waals surface area contributed by atoms with Crippen LogP contribution in [0.4, 0.5) is 5.69 Å². The smallest absolute Gasteiger partial charge is 0.320 e. The molecule has 6 heteroatoms. The fourth-order valence-corrected chi connectivity index (χ4v) is 2.65. The average Bonchev–Trinajstić information content (AvgIpc) is 2.50. The molecule has 0 aliphatic rings. The largest absolute Gasteiger partial charge is 0.465 e. The molecule has 0 aliphatic carbocycles. The molecular formula is C19H27NO5. The van der Waals surface area contributed by atoms with Crippen molar-refractivity contribution in [2.24, 2.45) is 5.92 Å². The van der Waals surface area contributed by atoms with Gasteiger partial charge in [0.2, 0.25) is 5.91 Å². The number of nitrogens with zero attached hydrogens (tertiary/aromatic N) is 1. The molecule has 1 aromatic carbocycles.